The third-order valence-electron chi connectivity index (χ3n) is 6.92. The molecule has 0 bridgehead atoms. The van der Waals surface area contributed by atoms with Gasteiger partial charge in [0.15, 0.2) is 0 Å². The van der Waals surface area contributed by atoms with Crippen molar-refractivity contribution in [3.63, 3.8) is 0 Å². The number of nitrogen functional groups attached to an aromatic ring is 1. The molecule has 4 N–H and O–H groups in total. The van der Waals surface area contributed by atoms with Crippen molar-refractivity contribution in [1.29, 1.82) is 0 Å². The van der Waals surface area contributed by atoms with E-state index in [0.717, 1.165) is 11.3 Å². The minimum Gasteiger partial charge on any atom is -0.486 e. The maximum atomic E-state index is 13.2. The number of nitrogens with zero attached hydrogens (tertiary/aromatic N) is 1. The zero-order valence-corrected chi connectivity index (χ0v) is 23.7. The molecular weight excluding hydrogens is 535 g/mol. The Morgan fingerprint density at radius 1 is 1.20 bits per heavy atom. The van der Waals surface area contributed by atoms with Gasteiger partial charge in [-0.3, -0.25) is 14.4 Å². The zero-order valence-electron chi connectivity index (χ0n) is 22.9. The second kappa shape index (κ2) is 13.3. The molecule has 216 valence electrons. The van der Waals surface area contributed by atoms with Crippen molar-refractivity contribution in [2.24, 2.45) is 0 Å². The van der Waals surface area contributed by atoms with Crippen LogP contribution in [-0.2, 0) is 30.4 Å². The Kier molecular flexibility index (Phi) is 9.80. The fraction of sp³-hybridized carbons (Fsp3) is 0.483. The number of thiophene rings is 1. The minimum atomic E-state index is -0.985. The van der Waals surface area contributed by atoms with Crippen molar-refractivity contribution in [1.82, 2.24) is 15.5 Å². The summed E-state index contributed by atoms with van der Waals surface area (Å²) in [6.07, 6.45) is 10.6. The van der Waals surface area contributed by atoms with Crippen LogP contribution in [0.15, 0.2) is 59.2 Å². The predicted octanol–water partition coefficient (Wildman–Crippen LogP) is 3.30. The van der Waals surface area contributed by atoms with Crippen molar-refractivity contribution in [2.45, 2.75) is 70.0 Å². The summed E-state index contributed by atoms with van der Waals surface area (Å²) in [6, 6.07) is 1.09. The summed E-state index contributed by atoms with van der Waals surface area (Å²) in [6.45, 7) is 4.74. The average Bonchev–Trinajstić information content (AvgIpc) is 3.53. The molecule has 4 atom stereocenters. The Labute approximate surface area is 237 Å². The van der Waals surface area contributed by atoms with Gasteiger partial charge >= 0.3 is 0 Å². The smallest absolute Gasteiger partial charge is 0.251 e. The number of ether oxygens (including phenoxy) is 2. The van der Waals surface area contributed by atoms with E-state index in [-0.39, 0.29) is 43.3 Å². The molecular formula is C29H37FN4O5S. The van der Waals surface area contributed by atoms with E-state index in [0.29, 0.717) is 43.0 Å². The number of hydrogen-bond donors (Lipinski definition) is 3. The van der Waals surface area contributed by atoms with Gasteiger partial charge in [-0.1, -0.05) is 19.1 Å². The molecule has 1 fully saturated rings. The number of allylic oxidation sites excluding steroid dienone is 3. The van der Waals surface area contributed by atoms with Gasteiger partial charge in [0.2, 0.25) is 11.8 Å². The summed E-state index contributed by atoms with van der Waals surface area (Å²) < 4.78 is 25.1. The maximum Gasteiger partial charge on any atom is 0.251 e. The second-order valence-corrected chi connectivity index (χ2v) is 11.4. The second-order valence-electron chi connectivity index (χ2n) is 10.4. The van der Waals surface area contributed by atoms with Crippen LogP contribution in [0.2, 0.25) is 0 Å². The Morgan fingerprint density at radius 3 is 2.67 bits per heavy atom. The predicted molar refractivity (Wildman–Crippen MR) is 152 cm³/mol. The molecule has 1 aromatic rings. The van der Waals surface area contributed by atoms with E-state index in [1.807, 2.05) is 19.2 Å². The zero-order chi connectivity index (χ0) is 28.7. The van der Waals surface area contributed by atoms with Gasteiger partial charge in [-0.05, 0) is 43.7 Å². The highest BCUT2D eigenvalue weighted by atomic mass is 32.1. The molecule has 0 saturated carbocycles. The lowest BCUT2D eigenvalue weighted by Gasteiger charge is -2.25. The van der Waals surface area contributed by atoms with Crippen molar-refractivity contribution < 1.29 is 28.2 Å². The third-order valence-corrected chi connectivity index (χ3v) is 7.87. The normalized spacial score (nSPS) is 25.8. The van der Waals surface area contributed by atoms with Gasteiger partial charge in [0, 0.05) is 47.4 Å². The fourth-order valence-corrected chi connectivity index (χ4v) is 5.55. The topological polar surface area (TPSA) is 123 Å². The van der Waals surface area contributed by atoms with Crippen LogP contribution in [0.5, 0.6) is 0 Å². The highest BCUT2D eigenvalue weighted by Crippen LogP contribution is 2.31. The number of anilines is 1. The lowest BCUT2D eigenvalue weighted by Crippen LogP contribution is -2.49. The van der Waals surface area contributed by atoms with E-state index in [9.17, 15) is 18.8 Å². The maximum absolute atomic E-state index is 13.2. The highest BCUT2D eigenvalue weighted by Gasteiger charge is 2.46. The molecule has 1 aliphatic heterocycles. The number of nitrogens with one attached hydrogen (secondary N) is 2. The Bertz CT molecular complexity index is 1220. The first-order chi connectivity index (χ1) is 19.2. The molecule has 0 radical (unpaired) electrons. The van der Waals surface area contributed by atoms with Crippen molar-refractivity contribution in [3.05, 3.63) is 64.1 Å². The van der Waals surface area contributed by atoms with E-state index in [2.05, 4.69) is 10.6 Å². The number of nitrogens with two attached hydrogens (primary N) is 1. The molecule has 1 aromatic heterocycles. The summed E-state index contributed by atoms with van der Waals surface area (Å²) in [4.78, 5) is 41.6. The molecule has 0 spiro atoms. The van der Waals surface area contributed by atoms with Crippen molar-refractivity contribution in [3.8, 4) is 0 Å². The molecule has 3 unspecified atom stereocenters. The van der Waals surface area contributed by atoms with E-state index in [4.69, 9.17) is 15.2 Å². The standard InChI is InChI=1S/C29H37FN4O5S/c1-3-12-38-29(2)14-25(28(37)32-15-24-13-21(31)17-40-24)34(18-29)26(35)16-33-27(36)19-4-8-22(9-5-19)39-23-10-6-20(30)7-11-23/h4-6,8,10-11,13,17,20,22,25H,3,7,9,12,14-16,18,31H2,1-2H3,(H,32,37)(H,33,36)/t20?,22?,25-,29?/m0/s1. The first-order valence-corrected chi connectivity index (χ1v) is 14.4. The quantitative estimate of drug-likeness (QED) is 0.374. The van der Waals surface area contributed by atoms with Crippen LogP contribution >= 0.6 is 11.3 Å². The number of carbonyl (C=O) groups excluding carboxylic acids is 3. The summed E-state index contributed by atoms with van der Waals surface area (Å²) in [5.41, 5.74) is 6.18. The summed E-state index contributed by atoms with van der Waals surface area (Å²) in [5.74, 6) is -0.416. The Hall–Kier alpha value is -3.44. The highest BCUT2D eigenvalue weighted by molar-refractivity contribution is 7.10. The number of likely N-dealkylation sites (tertiary alicyclic amines) is 1. The first-order valence-electron chi connectivity index (χ1n) is 13.6. The van der Waals surface area contributed by atoms with Crippen LogP contribution in [0.1, 0.15) is 44.4 Å². The van der Waals surface area contributed by atoms with Crippen LogP contribution in [-0.4, -0.2) is 66.2 Å². The largest absolute Gasteiger partial charge is 0.486 e. The van der Waals surface area contributed by atoms with Gasteiger partial charge in [0.1, 0.15) is 24.1 Å². The van der Waals surface area contributed by atoms with E-state index >= 15 is 0 Å². The lowest BCUT2D eigenvalue weighted by atomic mass is 10.0. The Balaban J connectivity index is 1.31. The fourth-order valence-electron chi connectivity index (χ4n) is 4.84. The van der Waals surface area contributed by atoms with E-state index in [1.165, 1.54) is 22.3 Å². The van der Waals surface area contributed by atoms with E-state index < -0.39 is 17.8 Å². The number of halogens is 1. The first kappa shape index (κ1) is 29.5. The number of carbonyl (C=O) groups is 3. The summed E-state index contributed by atoms with van der Waals surface area (Å²) in [5, 5.41) is 7.40. The number of hydrogen-bond acceptors (Lipinski definition) is 7. The van der Waals surface area contributed by atoms with E-state index in [1.54, 1.807) is 36.4 Å². The molecule has 9 nitrogen and oxygen atoms in total. The lowest BCUT2D eigenvalue weighted by molar-refractivity contribution is -0.138. The summed E-state index contributed by atoms with van der Waals surface area (Å²) >= 11 is 1.46. The number of amides is 3. The van der Waals surface area contributed by atoms with Crippen molar-refractivity contribution in [2.75, 3.05) is 25.4 Å². The molecule has 4 rings (SSSR count). The van der Waals surface area contributed by atoms with Crippen LogP contribution in [0.4, 0.5) is 10.1 Å². The molecule has 3 aliphatic rings. The van der Waals surface area contributed by atoms with Crippen molar-refractivity contribution >= 4 is 34.7 Å². The third kappa shape index (κ3) is 7.82. The number of alkyl halides is 1. The minimum absolute atomic E-state index is 0.249. The monoisotopic (exact) mass is 572 g/mol. The van der Waals surface area contributed by atoms with Crippen LogP contribution in [0, 0.1) is 0 Å². The number of rotatable bonds is 11. The SMILES string of the molecule is CCCOC1(C)C[C@@H](C(=O)NCc2cc(N)cs2)N(C(=O)CNC(=O)C2=CCC(OC3=CCC(F)C=C3)C=C2)C1. The van der Waals surface area contributed by atoms with Gasteiger partial charge in [-0.15, -0.1) is 11.3 Å². The van der Waals surface area contributed by atoms with Gasteiger partial charge in [0.25, 0.3) is 5.91 Å². The van der Waals surface area contributed by atoms with Crippen LogP contribution in [0.3, 0.4) is 0 Å². The molecule has 1 saturated heterocycles. The molecule has 2 heterocycles. The summed E-state index contributed by atoms with van der Waals surface area (Å²) in [7, 11) is 0. The molecule has 2 aliphatic carbocycles. The van der Waals surface area contributed by atoms with Gasteiger partial charge in [-0.25, -0.2) is 4.39 Å². The molecule has 0 aromatic carbocycles. The van der Waals surface area contributed by atoms with Gasteiger partial charge in [0.05, 0.1) is 25.2 Å². The molecule has 11 heteroatoms. The molecule has 3 amide bonds. The van der Waals surface area contributed by atoms with Gasteiger partial charge in [-0.2, -0.15) is 0 Å². The molecule has 40 heavy (non-hydrogen) atoms. The van der Waals surface area contributed by atoms with Crippen LogP contribution in [0.25, 0.3) is 0 Å². The van der Waals surface area contributed by atoms with Crippen LogP contribution < -0.4 is 16.4 Å². The Morgan fingerprint density at radius 2 is 2.02 bits per heavy atom. The van der Waals surface area contributed by atoms with Gasteiger partial charge < -0.3 is 30.7 Å². The average molecular weight is 573 g/mol.